The Bertz CT molecular complexity index is 552. The Hall–Kier alpha value is -1.84. The van der Waals surface area contributed by atoms with Crippen LogP contribution in [0.2, 0.25) is 0 Å². The average Bonchev–Trinajstić information content (AvgIpc) is 3.13. The molecule has 0 aromatic heterocycles. The fraction of sp³-hybridized carbons (Fsp3) is 0.467. The van der Waals surface area contributed by atoms with E-state index in [1.807, 2.05) is 12.1 Å². The van der Waals surface area contributed by atoms with E-state index in [4.69, 9.17) is 5.11 Å². The number of aryl methyl sites for hydroxylation is 1. The molecular weight excluding hydrogens is 242 g/mol. The molecule has 4 nitrogen and oxygen atoms in total. The standard InChI is InChI=1S/C15H17NO3/c1-16-13-4-2-9(6-10(13)3-5-14(16)17)7-11-8-12(11)15(18)19/h2,4,6,11-12H,3,5,7-8H2,1H3,(H,18,19). The fourth-order valence-corrected chi connectivity index (χ4v) is 2.92. The van der Waals surface area contributed by atoms with E-state index in [1.54, 1.807) is 11.9 Å². The molecule has 1 aromatic rings. The molecule has 0 spiro atoms. The molecule has 1 aromatic carbocycles. The minimum Gasteiger partial charge on any atom is -0.481 e. The Morgan fingerprint density at radius 1 is 1.42 bits per heavy atom. The van der Waals surface area contributed by atoms with Crippen LogP contribution in [0.25, 0.3) is 0 Å². The van der Waals surface area contributed by atoms with E-state index in [-0.39, 0.29) is 11.8 Å². The van der Waals surface area contributed by atoms with Crippen molar-refractivity contribution in [1.82, 2.24) is 0 Å². The van der Waals surface area contributed by atoms with Gasteiger partial charge >= 0.3 is 5.97 Å². The van der Waals surface area contributed by atoms with E-state index in [0.717, 1.165) is 24.9 Å². The predicted molar refractivity (Wildman–Crippen MR) is 71.1 cm³/mol. The van der Waals surface area contributed by atoms with Crippen LogP contribution in [0.1, 0.15) is 24.0 Å². The third-order valence-corrected chi connectivity index (χ3v) is 4.23. The number of rotatable bonds is 3. The molecule has 1 aliphatic carbocycles. The number of benzene rings is 1. The predicted octanol–water partition coefficient (Wildman–Crippen LogP) is 1.86. The number of carbonyl (C=O) groups excluding carboxylic acids is 1. The number of fused-ring (bicyclic) bond motifs is 1. The molecule has 0 bridgehead atoms. The third kappa shape index (κ3) is 2.23. The Morgan fingerprint density at radius 3 is 2.89 bits per heavy atom. The first-order valence-corrected chi connectivity index (χ1v) is 6.67. The Balaban J connectivity index is 1.76. The zero-order valence-electron chi connectivity index (χ0n) is 10.9. The molecule has 3 rings (SSSR count). The normalized spacial score (nSPS) is 25.1. The van der Waals surface area contributed by atoms with Gasteiger partial charge in [0.25, 0.3) is 0 Å². The first-order chi connectivity index (χ1) is 9.06. The maximum Gasteiger partial charge on any atom is 0.306 e. The van der Waals surface area contributed by atoms with Gasteiger partial charge in [-0.25, -0.2) is 0 Å². The van der Waals surface area contributed by atoms with Crippen molar-refractivity contribution in [2.45, 2.75) is 25.7 Å². The molecule has 19 heavy (non-hydrogen) atoms. The lowest BCUT2D eigenvalue weighted by atomic mass is 9.97. The summed E-state index contributed by atoms with van der Waals surface area (Å²) in [6, 6.07) is 6.14. The summed E-state index contributed by atoms with van der Waals surface area (Å²) in [6.07, 6.45) is 2.99. The molecule has 1 aliphatic heterocycles. The number of anilines is 1. The molecule has 2 atom stereocenters. The summed E-state index contributed by atoms with van der Waals surface area (Å²) >= 11 is 0. The summed E-state index contributed by atoms with van der Waals surface area (Å²) in [4.78, 5) is 24.1. The second kappa shape index (κ2) is 4.37. The topological polar surface area (TPSA) is 57.6 Å². The van der Waals surface area contributed by atoms with Crippen molar-refractivity contribution < 1.29 is 14.7 Å². The minimum atomic E-state index is -0.673. The second-order valence-electron chi connectivity index (χ2n) is 5.56. The van der Waals surface area contributed by atoms with Gasteiger partial charge in [0.05, 0.1) is 5.92 Å². The SMILES string of the molecule is CN1C(=O)CCc2cc(CC3CC3C(=O)O)ccc21. The molecule has 1 N–H and O–H groups in total. The van der Waals surface area contributed by atoms with E-state index in [1.165, 1.54) is 11.1 Å². The van der Waals surface area contributed by atoms with Crippen LogP contribution in [-0.4, -0.2) is 24.0 Å². The zero-order chi connectivity index (χ0) is 13.6. The monoisotopic (exact) mass is 259 g/mol. The van der Waals surface area contributed by atoms with E-state index >= 15 is 0 Å². The number of aliphatic carboxylic acids is 1. The number of hydrogen-bond donors (Lipinski definition) is 1. The Kier molecular flexibility index (Phi) is 2.81. The molecule has 0 radical (unpaired) electrons. The maximum absolute atomic E-state index is 11.6. The summed E-state index contributed by atoms with van der Waals surface area (Å²) in [7, 11) is 1.81. The number of nitrogens with zero attached hydrogens (tertiary/aromatic N) is 1. The van der Waals surface area contributed by atoms with Crippen LogP contribution in [0.15, 0.2) is 18.2 Å². The van der Waals surface area contributed by atoms with Crippen molar-refractivity contribution >= 4 is 17.6 Å². The van der Waals surface area contributed by atoms with Crippen LogP contribution in [0.5, 0.6) is 0 Å². The van der Waals surface area contributed by atoms with Crippen LogP contribution in [0.4, 0.5) is 5.69 Å². The fourth-order valence-electron chi connectivity index (χ4n) is 2.92. The van der Waals surface area contributed by atoms with Gasteiger partial charge in [0.15, 0.2) is 0 Å². The van der Waals surface area contributed by atoms with Crippen LogP contribution in [-0.2, 0) is 22.4 Å². The number of carboxylic acids is 1. The maximum atomic E-state index is 11.6. The molecule has 0 saturated heterocycles. The van der Waals surface area contributed by atoms with Crippen molar-refractivity contribution in [3.63, 3.8) is 0 Å². The molecule has 1 amide bonds. The Morgan fingerprint density at radius 2 is 2.21 bits per heavy atom. The quantitative estimate of drug-likeness (QED) is 0.901. The molecule has 1 fully saturated rings. The molecular formula is C15H17NO3. The first-order valence-electron chi connectivity index (χ1n) is 6.67. The highest BCUT2D eigenvalue weighted by Crippen LogP contribution is 2.41. The Labute approximate surface area is 112 Å². The van der Waals surface area contributed by atoms with Crippen LogP contribution < -0.4 is 4.90 Å². The van der Waals surface area contributed by atoms with Gasteiger partial charge in [-0.15, -0.1) is 0 Å². The highest BCUT2D eigenvalue weighted by atomic mass is 16.4. The van der Waals surface area contributed by atoms with Gasteiger partial charge in [0, 0.05) is 19.2 Å². The molecule has 100 valence electrons. The highest BCUT2D eigenvalue weighted by Gasteiger charge is 2.42. The molecule has 1 saturated carbocycles. The first kappa shape index (κ1) is 12.2. The number of carboxylic acid groups (broad SMARTS) is 1. The van der Waals surface area contributed by atoms with E-state index in [2.05, 4.69) is 6.07 Å². The highest BCUT2D eigenvalue weighted by molar-refractivity contribution is 5.95. The molecule has 2 aliphatic rings. The summed E-state index contributed by atoms with van der Waals surface area (Å²) in [5.41, 5.74) is 3.38. The van der Waals surface area contributed by atoms with E-state index < -0.39 is 5.97 Å². The summed E-state index contributed by atoms with van der Waals surface area (Å²) < 4.78 is 0. The van der Waals surface area contributed by atoms with Crippen molar-refractivity contribution in [3.8, 4) is 0 Å². The van der Waals surface area contributed by atoms with Gasteiger partial charge < -0.3 is 10.0 Å². The van der Waals surface area contributed by atoms with Gasteiger partial charge in [-0.1, -0.05) is 12.1 Å². The summed E-state index contributed by atoms with van der Waals surface area (Å²) in [5, 5.41) is 8.91. The van der Waals surface area contributed by atoms with Gasteiger partial charge in [0.1, 0.15) is 0 Å². The molecule has 1 heterocycles. The number of carbonyl (C=O) groups is 2. The smallest absolute Gasteiger partial charge is 0.306 e. The molecule has 2 unspecified atom stereocenters. The lowest BCUT2D eigenvalue weighted by molar-refractivity contribution is -0.138. The van der Waals surface area contributed by atoms with Crippen LogP contribution in [0, 0.1) is 11.8 Å². The average molecular weight is 259 g/mol. The van der Waals surface area contributed by atoms with Crippen molar-refractivity contribution in [1.29, 1.82) is 0 Å². The van der Waals surface area contributed by atoms with Gasteiger partial charge in [0.2, 0.25) is 5.91 Å². The summed E-state index contributed by atoms with van der Waals surface area (Å²) in [6.45, 7) is 0. The third-order valence-electron chi connectivity index (χ3n) is 4.23. The van der Waals surface area contributed by atoms with Gasteiger partial charge in [-0.2, -0.15) is 0 Å². The largest absolute Gasteiger partial charge is 0.481 e. The van der Waals surface area contributed by atoms with Crippen molar-refractivity contribution in [2.75, 3.05) is 11.9 Å². The second-order valence-corrected chi connectivity index (χ2v) is 5.56. The number of amides is 1. The van der Waals surface area contributed by atoms with Crippen LogP contribution >= 0.6 is 0 Å². The van der Waals surface area contributed by atoms with E-state index in [9.17, 15) is 9.59 Å². The number of hydrogen-bond acceptors (Lipinski definition) is 2. The lowest BCUT2D eigenvalue weighted by Gasteiger charge is -2.26. The van der Waals surface area contributed by atoms with Gasteiger partial charge in [-0.3, -0.25) is 9.59 Å². The van der Waals surface area contributed by atoms with Gasteiger partial charge in [-0.05, 0) is 42.4 Å². The van der Waals surface area contributed by atoms with Crippen LogP contribution in [0.3, 0.4) is 0 Å². The molecule has 4 heteroatoms. The summed E-state index contributed by atoms with van der Waals surface area (Å²) in [5.74, 6) is -0.375. The minimum absolute atomic E-state index is 0.153. The zero-order valence-corrected chi connectivity index (χ0v) is 10.9. The van der Waals surface area contributed by atoms with Crippen molar-refractivity contribution in [3.05, 3.63) is 29.3 Å². The van der Waals surface area contributed by atoms with Crippen molar-refractivity contribution in [2.24, 2.45) is 11.8 Å². The lowest BCUT2D eigenvalue weighted by Crippen LogP contribution is -2.31. The van der Waals surface area contributed by atoms with E-state index in [0.29, 0.717) is 12.3 Å².